The van der Waals surface area contributed by atoms with E-state index in [4.69, 9.17) is 36.5 Å². The van der Waals surface area contributed by atoms with E-state index in [0.717, 1.165) is 48.0 Å². The third-order valence-corrected chi connectivity index (χ3v) is 10.1. The molecule has 0 bridgehead atoms. The molecule has 4 aromatic rings. The Morgan fingerprint density at radius 1 is 1.06 bits per heavy atom. The lowest BCUT2D eigenvalue weighted by molar-refractivity contribution is -0.161. The quantitative estimate of drug-likeness (QED) is 0.146. The van der Waals surface area contributed by atoms with Gasteiger partial charge >= 0.3 is 6.09 Å². The summed E-state index contributed by atoms with van der Waals surface area (Å²) in [5.74, 6) is -0.524. The van der Waals surface area contributed by atoms with Crippen LogP contribution in [0.4, 0.5) is 15.0 Å². The number of aromatic nitrogens is 3. The highest BCUT2D eigenvalue weighted by Gasteiger charge is 2.55. The number of carbonyl (C=O) groups excluding carboxylic acids is 1. The van der Waals surface area contributed by atoms with Crippen LogP contribution in [0.2, 0.25) is 5.28 Å². The second-order valence-corrected chi connectivity index (χ2v) is 16.1. The molecule has 52 heavy (non-hydrogen) atoms. The molecule has 0 spiro atoms. The molecule has 2 aliphatic rings. The van der Waals surface area contributed by atoms with Gasteiger partial charge in [-0.1, -0.05) is 42.5 Å². The molecule has 2 aromatic carbocycles. The summed E-state index contributed by atoms with van der Waals surface area (Å²) in [7, 11) is 0. The molecule has 2 aromatic heterocycles. The third-order valence-electron chi connectivity index (χ3n) is 9.97. The number of nitrogens with zero attached hydrogens (tertiary/aromatic N) is 5. The zero-order valence-electron chi connectivity index (χ0n) is 31.3. The number of nitrogens with two attached hydrogens (primary N) is 1. The molecule has 0 radical (unpaired) electrons. The van der Waals surface area contributed by atoms with Crippen LogP contribution in [0.3, 0.4) is 0 Å². The van der Waals surface area contributed by atoms with E-state index in [-0.39, 0.29) is 47.4 Å². The number of fused-ring (bicyclic) bond motifs is 2. The number of benzene rings is 2. The van der Waals surface area contributed by atoms with Crippen molar-refractivity contribution in [3.05, 3.63) is 77.5 Å². The molecule has 10 nitrogen and oxygen atoms in total. The van der Waals surface area contributed by atoms with Crippen LogP contribution in [0.1, 0.15) is 72.9 Å². The second-order valence-electron chi connectivity index (χ2n) is 15.8. The highest BCUT2D eigenvalue weighted by atomic mass is 35.5. The van der Waals surface area contributed by atoms with Gasteiger partial charge in [0.05, 0.1) is 17.5 Å². The molecule has 1 aliphatic carbocycles. The molecule has 6 rings (SSSR count). The summed E-state index contributed by atoms with van der Waals surface area (Å²) in [6.45, 7) is 16.5. The lowest BCUT2D eigenvalue weighted by atomic mass is 10.0. The van der Waals surface area contributed by atoms with Gasteiger partial charge in [0.1, 0.15) is 29.0 Å². The summed E-state index contributed by atoms with van der Waals surface area (Å²) in [5, 5.41) is 0.870. The summed E-state index contributed by atoms with van der Waals surface area (Å²) in [4.78, 5) is 26.5. The average molecular weight is 735 g/mol. The second kappa shape index (κ2) is 15.3. The van der Waals surface area contributed by atoms with Crippen molar-refractivity contribution in [2.75, 3.05) is 31.9 Å². The Kier molecular flexibility index (Phi) is 11.2. The molecule has 280 valence electrons. The fourth-order valence-corrected chi connectivity index (χ4v) is 7.78. The van der Waals surface area contributed by atoms with E-state index < -0.39 is 11.4 Å². The van der Waals surface area contributed by atoms with Crippen LogP contribution in [0.5, 0.6) is 0 Å². The number of anilines is 1. The zero-order valence-corrected chi connectivity index (χ0v) is 32.1. The standard InChI is InChI=1S/C40H52ClFN6O4/c1-25(2)47(20-11-19-46(38(49)52-39(3,4)5)21-18-26-14-16-29(42)17-15-26)23-28-22-31(34-33(28)50-40(6,7)51-34)48-24-30(27-12-9-8-10-13-27)32-35(43)44-37(41)45-36(32)48/h8-10,12-17,24-25,28,31,33-34H,11,18-23H2,1-7H3,(H2,43,44,45)/t28-,31-,33-,34+/m1/s1. The Morgan fingerprint density at radius 2 is 1.75 bits per heavy atom. The first-order valence-electron chi connectivity index (χ1n) is 18.3. The van der Waals surface area contributed by atoms with Crippen LogP contribution < -0.4 is 5.73 Å². The summed E-state index contributed by atoms with van der Waals surface area (Å²) < 4.78 is 34.7. The zero-order chi connectivity index (χ0) is 37.4. The van der Waals surface area contributed by atoms with Gasteiger partial charge in [-0.15, -0.1) is 0 Å². The number of halogens is 2. The summed E-state index contributed by atoms with van der Waals surface area (Å²) in [6.07, 6.45) is 3.58. The number of carbonyl (C=O) groups is 1. The van der Waals surface area contributed by atoms with Crippen LogP contribution in [-0.4, -0.2) is 86.2 Å². The van der Waals surface area contributed by atoms with E-state index in [2.05, 4.69) is 46.6 Å². The van der Waals surface area contributed by atoms with Crippen molar-refractivity contribution >= 4 is 34.5 Å². The maximum absolute atomic E-state index is 13.5. The van der Waals surface area contributed by atoms with Crippen molar-refractivity contribution in [2.24, 2.45) is 5.92 Å². The largest absolute Gasteiger partial charge is 0.444 e. The summed E-state index contributed by atoms with van der Waals surface area (Å²) >= 11 is 6.40. The van der Waals surface area contributed by atoms with Gasteiger partial charge in [-0.25, -0.2) is 14.2 Å². The topological polar surface area (TPSA) is 108 Å². The molecule has 4 atom stereocenters. The fourth-order valence-electron chi connectivity index (χ4n) is 7.61. The van der Waals surface area contributed by atoms with E-state index >= 15 is 0 Å². The van der Waals surface area contributed by atoms with Gasteiger partial charge in [0.2, 0.25) is 5.28 Å². The van der Waals surface area contributed by atoms with Crippen molar-refractivity contribution < 1.29 is 23.4 Å². The van der Waals surface area contributed by atoms with Crippen LogP contribution >= 0.6 is 11.6 Å². The molecule has 2 N–H and O–H groups in total. The molecule has 1 amide bonds. The Balaban J connectivity index is 1.21. The number of hydrogen-bond donors (Lipinski definition) is 1. The summed E-state index contributed by atoms with van der Waals surface area (Å²) in [5.41, 5.74) is 9.49. The Morgan fingerprint density at radius 3 is 2.42 bits per heavy atom. The maximum atomic E-state index is 13.5. The number of ether oxygens (including phenoxy) is 3. The molecular weight excluding hydrogens is 683 g/mol. The van der Waals surface area contributed by atoms with Gasteiger partial charge < -0.3 is 34.3 Å². The number of amides is 1. The SMILES string of the molecule is CC(C)N(CCCN(CCc1ccc(F)cc1)C(=O)OC(C)(C)C)C[C@H]1C[C@@H](n2cc(-c3ccccc3)c3c(N)nc(Cl)nc32)[C@@H]2OC(C)(C)O[C@H]12. The summed E-state index contributed by atoms with van der Waals surface area (Å²) in [6, 6.07) is 16.7. The van der Waals surface area contributed by atoms with E-state index in [0.29, 0.717) is 31.0 Å². The minimum atomic E-state index is -0.746. The highest BCUT2D eigenvalue weighted by molar-refractivity contribution is 6.29. The molecule has 2 fully saturated rings. The van der Waals surface area contributed by atoms with Gasteiger partial charge in [0.25, 0.3) is 0 Å². The molecule has 0 unspecified atom stereocenters. The van der Waals surface area contributed by atoms with Crippen molar-refractivity contribution in [2.45, 2.75) is 103 Å². The molecule has 1 saturated carbocycles. The first kappa shape index (κ1) is 38.0. The molecule has 1 aliphatic heterocycles. The number of hydrogen-bond acceptors (Lipinski definition) is 8. The minimum absolute atomic E-state index is 0.0785. The van der Waals surface area contributed by atoms with Crippen LogP contribution in [0.25, 0.3) is 22.2 Å². The van der Waals surface area contributed by atoms with Gasteiger partial charge in [-0.3, -0.25) is 0 Å². The normalized spacial score (nSPS) is 21.3. The van der Waals surface area contributed by atoms with Gasteiger partial charge in [0.15, 0.2) is 5.79 Å². The minimum Gasteiger partial charge on any atom is -0.444 e. The Bertz CT molecular complexity index is 1840. The monoisotopic (exact) mass is 734 g/mol. The third kappa shape index (κ3) is 8.71. The molecule has 12 heteroatoms. The van der Waals surface area contributed by atoms with Crippen molar-refractivity contribution in [3.8, 4) is 11.1 Å². The Labute approximate surface area is 311 Å². The molecule has 3 heterocycles. The smallest absolute Gasteiger partial charge is 0.410 e. The lowest BCUT2D eigenvalue weighted by Gasteiger charge is -2.33. The molecule has 1 saturated heterocycles. The van der Waals surface area contributed by atoms with Gasteiger partial charge in [-0.05, 0) is 103 Å². The number of nitrogen functional groups attached to an aromatic ring is 1. The van der Waals surface area contributed by atoms with E-state index in [1.165, 1.54) is 12.1 Å². The van der Waals surface area contributed by atoms with Crippen LogP contribution in [0, 0.1) is 11.7 Å². The van der Waals surface area contributed by atoms with Crippen LogP contribution in [-0.2, 0) is 20.6 Å². The Hall–Kier alpha value is -3.77. The fraction of sp³-hybridized carbons (Fsp3) is 0.525. The van der Waals surface area contributed by atoms with Crippen molar-refractivity contribution in [1.82, 2.24) is 24.3 Å². The number of rotatable bonds is 12. The van der Waals surface area contributed by atoms with Gasteiger partial charge in [-0.2, -0.15) is 4.98 Å². The van der Waals surface area contributed by atoms with E-state index in [1.54, 1.807) is 17.0 Å². The predicted octanol–water partition coefficient (Wildman–Crippen LogP) is 8.13. The van der Waals surface area contributed by atoms with Gasteiger partial charge in [0, 0.05) is 49.9 Å². The predicted molar refractivity (Wildman–Crippen MR) is 203 cm³/mol. The maximum Gasteiger partial charge on any atom is 0.410 e. The highest BCUT2D eigenvalue weighted by Crippen LogP contribution is 2.49. The van der Waals surface area contributed by atoms with E-state index in [9.17, 15) is 9.18 Å². The van der Waals surface area contributed by atoms with Crippen molar-refractivity contribution in [1.29, 1.82) is 0 Å². The van der Waals surface area contributed by atoms with Crippen molar-refractivity contribution in [3.63, 3.8) is 0 Å². The average Bonchev–Trinajstić information content (AvgIpc) is 3.70. The van der Waals surface area contributed by atoms with Crippen LogP contribution in [0.15, 0.2) is 60.8 Å². The molecular formula is C40H52ClFN6O4. The first-order valence-corrected chi connectivity index (χ1v) is 18.7. The lowest BCUT2D eigenvalue weighted by Crippen LogP contribution is -2.42. The van der Waals surface area contributed by atoms with E-state index in [1.807, 2.05) is 52.8 Å². The first-order chi connectivity index (χ1) is 24.6.